The molecule has 2 saturated heterocycles. The number of aliphatic hydroxyl groups excluding tert-OH is 8. The molecule has 0 aliphatic carbocycles. The minimum atomic E-state index is -1.90. The molecule has 234 valence electrons. The van der Waals surface area contributed by atoms with Gasteiger partial charge in [-0.3, -0.25) is 4.79 Å². The van der Waals surface area contributed by atoms with Crippen LogP contribution >= 0.6 is 0 Å². The summed E-state index contributed by atoms with van der Waals surface area (Å²) < 4.78 is 27.4. The molecule has 2 aromatic carbocycles. The first-order valence-electron chi connectivity index (χ1n) is 13.0. The highest BCUT2D eigenvalue weighted by Gasteiger charge is 2.47. The molecule has 2 aliphatic rings. The average Bonchev–Trinajstić information content (AvgIpc) is 2.98. The molecular formula is C27H30O16. The molecule has 10 N–H and O–H groups in total. The first kappa shape index (κ1) is 30.9. The lowest BCUT2D eigenvalue weighted by Gasteiger charge is -2.39. The summed E-state index contributed by atoms with van der Waals surface area (Å²) in [4.78, 5) is 13.7. The van der Waals surface area contributed by atoms with Crippen LogP contribution in [0, 0.1) is 0 Å². The molecular weight excluding hydrogens is 580 g/mol. The highest BCUT2D eigenvalue weighted by molar-refractivity contribution is 5.89. The number of phenolic OH excluding ortho intramolecular Hbond substituents is 2. The Morgan fingerprint density at radius 3 is 2.02 bits per heavy atom. The minimum Gasteiger partial charge on any atom is -0.508 e. The highest BCUT2D eigenvalue weighted by Crippen LogP contribution is 2.38. The Morgan fingerprint density at radius 1 is 0.744 bits per heavy atom. The Morgan fingerprint density at radius 2 is 1.37 bits per heavy atom. The van der Waals surface area contributed by atoms with E-state index in [9.17, 15) is 55.9 Å². The van der Waals surface area contributed by atoms with Gasteiger partial charge < -0.3 is 74.4 Å². The molecule has 2 fully saturated rings. The normalized spacial score (nSPS) is 32.9. The first-order chi connectivity index (χ1) is 20.4. The molecule has 43 heavy (non-hydrogen) atoms. The van der Waals surface area contributed by atoms with E-state index in [0.29, 0.717) is 0 Å². The molecule has 16 nitrogen and oxygen atoms in total. The number of ether oxygens (including phenoxy) is 4. The SMILES string of the molecule is O=c1c(-c2ccc(O)cc2)c(O[C@H]2C(O)O[C@H](CO)[C@@H](O)[C@@H]2O)oc2cc(O[C@@H]3OC(CO)[C@@H](O)C(O)C3O)cc(O)c12. The Labute approximate surface area is 241 Å². The van der Waals surface area contributed by atoms with Crippen molar-refractivity contribution in [3.8, 4) is 34.3 Å². The smallest absolute Gasteiger partial charge is 0.297 e. The molecule has 0 amide bonds. The van der Waals surface area contributed by atoms with Gasteiger partial charge in [0.15, 0.2) is 12.4 Å². The van der Waals surface area contributed by atoms with Crippen LogP contribution in [-0.2, 0) is 9.47 Å². The first-order valence-corrected chi connectivity index (χ1v) is 13.0. The van der Waals surface area contributed by atoms with E-state index < -0.39 is 91.8 Å². The molecule has 10 atom stereocenters. The maximum Gasteiger partial charge on any atom is 0.297 e. The summed E-state index contributed by atoms with van der Waals surface area (Å²) in [5.74, 6) is -1.68. The van der Waals surface area contributed by atoms with Gasteiger partial charge in [-0.1, -0.05) is 12.1 Å². The Bertz CT molecular complexity index is 1490. The summed E-state index contributed by atoms with van der Waals surface area (Å²) in [6, 6.07) is 7.23. The summed E-state index contributed by atoms with van der Waals surface area (Å²) in [5, 5.41) is 101. The molecule has 0 saturated carbocycles. The van der Waals surface area contributed by atoms with Gasteiger partial charge in [0, 0.05) is 12.1 Å². The molecule has 5 rings (SSSR count). The van der Waals surface area contributed by atoms with Gasteiger partial charge in [-0.2, -0.15) is 0 Å². The lowest BCUT2D eigenvalue weighted by molar-refractivity contribution is -0.282. The second-order valence-corrected chi connectivity index (χ2v) is 10.1. The van der Waals surface area contributed by atoms with Crippen LogP contribution in [0.15, 0.2) is 45.6 Å². The zero-order chi connectivity index (χ0) is 31.2. The van der Waals surface area contributed by atoms with E-state index in [1.54, 1.807) is 0 Å². The van der Waals surface area contributed by atoms with Crippen molar-refractivity contribution in [1.29, 1.82) is 0 Å². The van der Waals surface area contributed by atoms with Crippen LogP contribution in [0.5, 0.6) is 23.2 Å². The van der Waals surface area contributed by atoms with E-state index >= 15 is 0 Å². The van der Waals surface area contributed by atoms with Gasteiger partial charge in [0.1, 0.15) is 76.5 Å². The van der Waals surface area contributed by atoms with E-state index in [4.69, 9.17) is 23.4 Å². The Hall–Kier alpha value is -3.55. The molecule has 0 spiro atoms. The van der Waals surface area contributed by atoms with E-state index in [1.807, 2.05) is 0 Å². The lowest BCUT2D eigenvalue weighted by Crippen LogP contribution is -2.60. The van der Waals surface area contributed by atoms with Crippen LogP contribution in [0.2, 0.25) is 0 Å². The van der Waals surface area contributed by atoms with Crippen molar-refractivity contribution in [2.45, 2.75) is 61.4 Å². The fraction of sp³-hybridized carbons (Fsp3) is 0.444. The number of phenols is 2. The van der Waals surface area contributed by atoms with Crippen molar-refractivity contribution in [1.82, 2.24) is 0 Å². The maximum atomic E-state index is 13.7. The predicted octanol–water partition coefficient (Wildman–Crippen LogP) is -2.77. The quantitative estimate of drug-likeness (QED) is 0.130. The summed E-state index contributed by atoms with van der Waals surface area (Å²) in [5.41, 5.74) is -1.42. The molecule has 16 heteroatoms. The standard InChI is InChI=1S/C27H30O16/c28-7-14-19(33)22(36)24(25(38)40-14)43-26-16(9-1-3-10(30)4-2-9)20(34)17-12(31)5-11(6-13(17)41-26)39-27-23(37)21(35)18(32)15(8-29)42-27/h1-6,14-15,18-19,21-25,27-33,35-38H,7-8H2/t14-,15?,18-,19-,21?,22+,23?,24-,25?,27-/m1/s1. The van der Waals surface area contributed by atoms with Gasteiger partial charge in [-0.05, 0) is 17.7 Å². The highest BCUT2D eigenvalue weighted by atomic mass is 16.7. The molecule has 0 bridgehead atoms. The molecule has 3 heterocycles. The van der Waals surface area contributed by atoms with Gasteiger partial charge >= 0.3 is 0 Å². The monoisotopic (exact) mass is 610 g/mol. The summed E-state index contributed by atoms with van der Waals surface area (Å²) in [6.07, 6.45) is -16.7. The van der Waals surface area contributed by atoms with E-state index in [2.05, 4.69) is 0 Å². The van der Waals surface area contributed by atoms with Crippen molar-refractivity contribution < 1.29 is 74.4 Å². The van der Waals surface area contributed by atoms with Gasteiger partial charge in [0.2, 0.25) is 11.7 Å². The third kappa shape index (κ3) is 5.73. The number of aliphatic hydroxyl groups is 8. The van der Waals surface area contributed by atoms with Gasteiger partial charge in [-0.25, -0.2) is 0 Å². The number of benzene rings is 2. The zero-order valence-corrected chi connectivity index (χ0v) is 22.1. The van der Waals surface area contributed by atoms with Gasteiger partial charge in [0.05, 0.1) is 13.2 Å². The van der Waals surface area contributed by atoms with Crippen molar-refractivity contribution in [3.05, 3.63) is 46.6 Å². The predicted molar refractivity (Wildman–Crippen MR) is 140 cm³/mol. The van der Waals surface area contributed by atoms with E-state index in [1.165, 1.54) is 24.3 Å². The Balaban J connectivity index is 1.59. The van der Waals surface area contributed by atoms with Gasteiger partial charge in [0.25, 0.3) is 5.95 Å². The van der Waals surface area contributed by atoms with Gasteiger partial charge in [-0.15, -0.1) is 0 Å². The summed E-state index contributed by atoms with van der Waals surface area (Å²) >= 11 is 0. The summed E-state index contributed by atoms with van der Waals surface area (Å²) in [6.45, 7) is -1.46. The molecule has 4 unspecified atom stereocenters. The third-order valence-electron chi connectivity index (χ3n) is 7.26. The lowest BCUT2D eigenvalue weighted by atomic mass is 9.99. The summed E-state index contributed by atoms with van der Waals surface area (Å²) in [7, 11) is 0. The second kappa shape index (κ2) is 12.2. The fourth-order valence-corrected chi connectivity index (χ4v) is 4.90. The Kier molecular flexibility index (Phi) is 8.77. The van der Waals surface area contributed by atoms with Crippen molar-refractivity contribution in [2.24, 2.45) is 0 Å². The van der Waals surface area contributed by atoms with Crippen LogP contribution in [-0.4, -0.2) is 126 Å². The van der Waals surface area contributed by atoms with E-state index in [-0.39, 0.29) is 33.6 Å². The third-order valence-corrected chi connectivity index (χ3v) is 7.26. The van der Waals surface area contributed by atoms with Crippen molar-refractivity contribution in [3.63, 3.8) is 0 Å². The second-order valence-electron chi connectivity index (χ2n) is 10.1. The van der Waals surface area contributed by atoms with Crippen LogP contribution in [0.3, 0.4) is 0 Å². The molecule has 2 aliphatic heterocycles. The van der Waals surface area contributed by atoms with Crippen molar-refractivity contribution >= 4 is 11.0 Å². The topological polar surface area (TPSA) is 269 Å². The molecule has 1 aromatic heterocycles. The molecule has 3 aromatic rings. The van der Waals surface area contributed by atoms with Crippen LogP contribution in [0.1, 0.15) is 0 Å². The van der Waals surface area contributed by atoms with Crippen LogP contribution in [0.4, 0.5) is 0 Å². The fourth-order valence-electron chi connectivity index (χ4n) is 4.90. The van der Waals surface area contributed by atoms with Crippen LogP contribution < -0.4 is 14.9 Å². The molecule has 0 radical (unpaired) electrons. The average molecular weight is 611 g/mol. The number of rotatable bonds is 7. The number of hydrogen-bond donors (Lipinski definition) is 10. The maximum absolute atomic E-state index is 13.7. The van der Waals surface area contributed by atoms with Crippen molar-refractivity contribution in [2.75, 3.05) is 13.2 Å². The zero-order valence-electron chi connectivity index (χ0n) is 22.1. The largest absolute Gasteiger partial charge is 0.508 e. The van der Waals surface area contributed by atoms with E-state index in [0.717, 1.165) is 12.1 Å². The minimum absolute atomic E-state index is 0.124. The van der Waals surface area contributed by atoms with Crippen LogP contribution in [0.25, 0.3) is 22.1 Å². The number of aromatic hydroxyl groups is 2. The number of fused-ring (bicyclic) bond motifs is 1. The number of hydrogen-bond acceptors (Lipinski definition) is 16.